The number of hydrogen-bond acceptors (Lipinski definition) is 3. The van der Waals surface area contributed by atoms with E-state index >= 15 is 0 Å². The number of carbonyl (C=O) groups is 1. The fourth-order valence-electron chi connectivity index (χ4n) is 2.90. The van der Waals surface area contributed by atoms with Crippen LogP contribution in [0.4, 0.5) is 18.9 Å². The van der Waals surface area contributed by atoms with Crippen molar-refractivity contribution < 1.29 is 22.8 Å². The average molecular weight is 335 g/mol. The largest absolute Gasteiger partial charge is 0.416 e. The lowest BCUT2D eigenvalue weighted by atomic mass is 9.81. The second kappa shape index (κ2) is 5.94. The van der Waals surface area contributed by atoms with Gasteiger partial charge in [-0.25, -0.2) is 5.06 Å². The molecular weight excluding hydrogens is 319 g/mol. The van der Waals surface area contributed by atoms with Gasteiger partial charge in [-0.3, -0.25) is 4.84 Å². The molecule has 0 bridgehead atoms. The number of halogens is 3. The first-order valence-corrected chi connectivity index (χ1v) is 7.46. The van der Waals surface area contributed by atoms with Crippen LogP contribution in [0.3, 0.4) is 0 Å². The van der Waals surface area contributed by atoms with Crippen molar-refractivity contribution >= 4 is 12.0 Å². The molecule has 0 N–H and O–H groups in total. The highest BCUT2D eigenvalue weighted by atomic mass is 19.4. The van der Waals surface area contributed by atoms with Crippen LogP contribution in [-0.4, -0.2) is 12.9 Å². The van der Waals surface area contributed by atoms with E-state index in [4.69, 9.17) is 4.84 Å². The van der Waals surface area contributed by atoms with Crippen molar-refractivity contribution in [3.05, 3.63) is 65.7 Å². The Morgan fingerprint density at radius 3 is 2.29 bits per heavy atom. The maximum absolute atomic E-state index is 12.8. The molecule has 0 aromatic heterocycles. The van der Waals surface area contributed by atoms with Gasteiger partial charge in [0, 0.05) is 0 Å². The van der Waals surface area contributed by atoms with Gasteiger partial charge in [0.15, 0.2) is 0 Å². The molecule has 0 amide bonds. The molecule has 6 heteroatoms. The zero-order chi connectivity index (χ0) is 17.4. The van der Waals surface area contributed by atoms with Crippen molar-refractivity contribution in [2.45, 2.75) is 19.1 Å². The van der Waals surface area contributed by atoms with Crippen LogP contribution in [0, 0.1) is 5.41 Å². The zero-order valence-corrected chi connectivity index (χ0v) is 13.0. The normalized spacial score (nSPS) is 24.2. The number of hydroxylamine groups is 1. The summed E-state index contributed by atoms with van der Waals surface area (Å²) >= 11 is 0. The smallest absolute Gasteiger partial charge is 0.303 e. The quantitative estimate of drug-likeness (QED) is 0.779. The second-order valence-corrected chi connectivity index (χ2v) is 6.08. The van der Waals surface area contributed by atoms with Crippen LogP contribution < -0.4 is 5.06 Å². The van der Waals surface area contributed by atoms with Crippen LogP contribution >= 0.6 is 0 Å². The number of anilines is 1. The van der Waals surface area contributed by atoms with Gasteiger partial charge >= 0.3 is 6.18 Å². The van der Waals surface area contributed by atoms with Crippen molar-refractivity contribution in [2.24, 2.45) is 5.41 Å². The molecule has 0 aliphatic carbocycles. The molecular formula is C18H16F3NO2. The van der Waals surface area contributed by atoms with Crippen LogP contribution in [0.5, 0.6) is 0 Å². The van der Waals surface area contributed by atoms with Gasteiger partial charge in [0.2, 0.25) is 0 Å². The third-order valence-corrected chi connectivity index (χ3v) is 4.21. The van der Waals surface area contributed by atoms with Gasteiger partial charge < -0.3 is 4.79 Å². The third-order valence-electron chi connectivity index (χ3n) is 4.21. The average Bonchev–Trinajstić information content (AvgIpc) is 2.93. The lowest BCUT2D eigenvalue weighted by Gasteiger charge is -2.30. The van der Waals surface area contributed by atoms with Gasteiger partial charge in [0.1, 0.15) is 6.29 Å². The SMILES string of the molecule is CC1(C=O)CON(c2ccccc2)C1c1ccc(C(F)(F)F)cc1. The first kappa shape index (κ1) is 16.5. The molecule has 0 radical (unpaired) electrons. The summed E-state index contributed by atoms with van der Waals surface area (Å²) in [6.07, 6.45) is -3.59. The molecule has 1 heterocycles. The summed E-state index contributed by atoms with van der Waals surface area (Å²) < 4.78 is 38.3. The maximum atomic E-state index is 12.8. The predicted molar refractivity (Wildman–Crippen MR) is 83.2 cm³/mol. The van der Waals surface area contributed by atoms with Gasteiger partial charge in [0.05, 0.1) is 29.3 Å². The number of benzene rings is 2. The van der Waals surface area contributed by atoms with E-state index in [1.54, 1.807) is 12.0 Å². The summed E-state index contributed by atoms with van der Waals surface area (Å²) in [6, 6.07) is 13.5. The van der Waals surface area contributed by atoms with Gasteiger partial charge in [-0.15, -0.1) is 0 Å². The summed E-state index contributed by atoms with van der Waals surface area (Å²) in [5.74, 6) is 0. The number of hydrogen-bond donors (Lipinski definition) is 0. The van der Waals surface area contributed by atoms with E-state index < -0.39 is 23.2 Å². The molecule has 2 atom stereocenters. The minimum absolute atomic E-state index is 0.164. The monoisotopic (exact) mass is 335 g/mol. The Morgan fingerprint density at radius 1 is 1.12 bits per heavy atom. The Labute approximate surface area is 137 Å². The van der Waals surface area contributed by atoms with E-state index in [1.807, 2.05) is 30.3 Å². The van der Waals surface area contributed by atoms with Crippen LogP contribution in [0.15, 0.2) is 54.6 Å². The van der Waals surface area contributed by atoms with E-state index in [2.05, 4.69) is 0 Å². The van der Waals surface area contributed by atoms with Gasteiger partial charge in [0.25, 0.3) is 0 Å². The molecule has 1 aliphatic rings. The first-order valence-electron chi connectivity index (χ1n) is 7.46. The number of carbonyl (C=O) groups excluding carboxylic acids is 1. The Bertz CT molecular complexity index is 715. The van der Waals surface area contributed by atoms with Crippen molar-refractivity contribution in [3.63, 3.8) is 0 Å². The molecule has 2 aromatic carbocycles. The van der Waals surface area contributed by atoms with Crippen LogP contribution in [0.1, 0.15) is 24.1 Å². The van der Waals surface area contributed by atoms with Crippen LogP contribution in [-0.2, 0) is 15.8 Å². The van der Waals surface area contributed by atoms with Crippen molar-refractivity contribution in [1.82, 2.24) is 0 Å². The van der Waals surface area contributed by atoms with E-state index in [0.717, 1.165) is 24.1 Å². The third kappa shape index (κ3) is 2.89. The van der Waals surface area contributed by atoms with Crippen molar-refractivity contribution in [2.75, 3.05) is 11.7 Å². The van der Waals surface area contributed by atoms with Gasteiger partial charge in [-0.05, 0) is 36.8 Å². The van der Waals surface area contributed by atoms with Crippen LogP contribution in [0.2, 0.25) is 0 Å². The standard InChI is InChI=1S/C18H16F3NO2/c1-17(11-23)12-24-22(15-5-3-2-4-6-15)16(17)13-7-9-14(10-8-13)18(19,20)21/h2-11,16H,12H2,1H3. The van der Waals surface area contributed by atoms with Crippen molar-refractivity contribution in [1.29, 1.82) is 0 Å². The number of alkyl halides is 3. The Kier molecular flexibility index (Phi) is 4.09. The fourth-order valence-corrected chi connectivity index (χ4v) is 2.90. The molecule has 1 fully saturated rings. The molecule has 2 aromatic rings. The molecule has 3 rings (SSSR count). The highest BCUT2D eigenvalue weighted by Crippen LogP contribution is 2.45. The van der Waals surface area contributed by atoms with Crippen molar-refractivity contribution in [3.8, 4) is 0 Å². The molecule has 1 aliphatic heterocycles. The molecule has 24 heavy (non-hydrogen) atoms. The summed E-state index contributed by atoms with van der Waals surface area (Å²) in [5, 5.41) is 1.59. The lowest BCUT2D eigenvalue weighted by molar-refractivity contribution is -0.137. The van der Waals surface area contributed by atoms with E-state index in [-0.39, 0.29) is 6.61 Å². The molecule has 0 saturated carbocycles. The van der Waals surface area contributed by atoms with E-state index in [1.165, 1.54) is 12.1 Å². The lowest BCUT2D eigenvalue weighted by Crippen LogP contribution is -2.31. The topological polar surface area (TPSA) is 29.5 Å². The molecule has 1 saturated heterocycles. The zero-order valence-electron chi connectivity index (χ0n) is 13.0. The summed E-state index contributed by atoms with van der Waals surface area (Å²) in [7, 11) is 0. The highest BCUT2D eigenvalue weighted by molar-refractivity contribution is 5.65. The second-order valence-electron chi connectivity index (χ2n) is 6.08. The molecule has 2 unspecified atom stereocenters. The molecule has 126 valence electrons. The van der Waals surface area contributed by atoms with Gasteiger partial charge in [-0.1, -0.05) is 30.3 Å². The summed E-state index contributed by atoms with van der Waals surface area (Å²) in [6.45, 7) is 1.91. The predicted octanol–water partition coefficient (Wildman–Crippen LogP) is 4.40. The number of para-hydroxylation sites is 1. The summed E-state index contributed by atoms with van der Waals surface area (Å²) in [5.41, 5.74) is -0.230. The number of nitrogens with zero attached hydrogens (tertiary/aromatic N) is 1. The number of aldehydes is 1. The minimum Gasteiger partial charge on any atom is -0.303 e. The van der Waals surface area contributed by atoms with Crippen LogP contribution in [0.25, 0.3) is 0 Å². The molecule has 3 nitrogen and oxygen atoms in total. The fraction of sp³-hybridized carbons (Fsp3) is 0.278. The summed E-state index contributed by atoms with van der Waals surface area (Å²) in [4.78, 5) is 17.3. The Morgan fingerprint density at radius 2 is 1.75 bits per heavy atom. The Hall–Kier alpha value is -2.34. The highest BCUT2D eigenvalue weighted by Gasteiger charge is 2.47. The Balaban J connectivity index is 2.01. The van der Waals surface area contributed by atoms with Gasteiger partial charge in [-0.2, -0.15) is 13.2 Å². The van der Waals surface area contributed by atoms with E-state index in [9.17, 15) is 18.0 Å². The van der Waals surface area contributed by atoms with E-state index in [0.29, 0.717) is 5.56 Å². The molecule has 0 spiro atoms. The number of rotatable bonds is 3. The maximum Gasteiger partial charge on any atom is 0.416 e. The minimum atomic E-state index is -4.39. The first-order chi connectivity index (χ1) is 11.3.